The Labute approximate surface area is 107 Å². The zero-order chi connectivity index (χ0) is 12.5. The molecular formula is C13H20N4O. The van der Waals surface area contributed by atoms with E-state index in [-0.39, 0.29) is 0 Å². The highest BCUT2D eigenvalue weighted by Gasteiger charge is 2.34. The first-order chi connectivity index (χ1) is 8.74. The van der Waals surface area contributed by atoms with Gasteiger partial charge in [0, 0.05) is 25.6 Å². The molecule has 2 bridgehead atoms. The van der Waals surface area contributed by atoms with Gasteiger partial charge in [0.1, 0.15) is 17.5 Å². The molecule has 2 fully saturated rings. The molecule has 0 amide bonds. The topological polar surface area (TPSA) is 64.3 Å². The lowest BCUT2D eigenvalue weighted by molar-refractivity contribution is 0.0302. The van der Waals surface area contributed by atoms with E-state index in [2.05, 4.69) is 21.8 Å². The number of aromatic nitrogens is 2. The van der Waals surface area contributed by atoms with E-state index in [1.165, 1.54) is 12.8 Å². The number of nitrogens with zero attached hydrogens (tertiary/aromatic N) is 3. The zero-order valence-corrected chi connectivity index (χ0v) is 10.8. The first kappa shape index (κ1) is 11.7. The Kier molecular flexibility index (Phi) is 3.07. The molecule has 18 heavy (non-hydrogen) atoms. The lowest BCUT2D eigenvalue weighted by Gasteiger charge is -2.33. The van der Waals surface area contributed by atoms with Crippen LogP contribution < -0.4 is 10.6 Å². The fourth-order valence-corrected chi connectivity index (χ4v) is 2.80. The third-order valence-corrected chi connectivity index (χ3v) is 3.62. The van der Waals surface area contributed by atoms with Crippen molar-refractivity contribution < 1.29 is 4.74 Å². The molecule has 2 unspecified atom stereocenters. The molecule has 2 saturated heterocycles. The van der Waals surface area contributed by atoms with Crippen LogP contribution in [0.2, 0.25) is 0 Å². The molecule has 2 atom stereocenters. The third-order valence-electron chi connectivity index (χ3n) is 3.62. The normalized spacial score (nSPS) is 26.6. The minimum Gasteiger partial charge on any atom is -0.384 e. The van der Waals surface area contributed by atoms with E-state index in [1.807, 2.05) is 6.07 Å². The van der Waals surface area contributed by atoms with Crippen molar-refractivity contribution in [3.8, 4) is 0 Å². The largest absolute Gasteiger partial charge is 0.384 e. The van der Waals surface area contributed by atoms with Gasteiger partial charge < -0.3 is 15.4 Å². The number of hydrogen-bond donors (Lipinski definition) is 1. The summed E-state index contributed by atoms with van der Waals surface area (Å²) in [5.74, 6) is 2.39. The van der Waals surface area contributed by atoms with Crippen molar-refractivity contribution in [1.29, 1.82) is 0 Å². The number of morpholine rings is 1. The van der Waals surface area contributed by atoms with Crippen LogP contribution in [0, 0.1) is 0 Å². The van der Waals surface area contributed by atoms with Crippen LogP contribution in [0.1, 0.15) is 32.0 Å². The maximum Gasteiger partial charge on any atom is 0.134 e. The third kappa shape index (κ3) is 2.27. The minimum absolute atomic E-state index is 0.370. The summed E-state index contributed by atoms with van der Waals surface area (Å²) in [6.07, 6.45) is 5.00. The maximum absolute atomic E-state index is 5.87. The van der Waals surface area contributed by atoms with Gasteiger partial charge in [-0.15, -0.1) is 0 Å². The van der Waals surface area contributed by atoms with Crippen molar-refractivity contribution in [3.05, 3.63) is 11.9 Å². The first-order valence-corrected chi connectivity index (χ1v) is 6.78. The Morgan fingerprint density at radius 1 is 1.33 bits per heavy atom. The van der Waals surface area contributed by atoms with Crippen molar-refractivity contribution in [2.75, 3.05) is 23.7 Å². The van der Waals surface area contributed by atoms with Gasteiger partial charge in [0.15, 0.2) is 0 Å². The summed E-state index contributed by atoms with van der Waals surface area (Å²) in [5, 5.41) is 0. The molecule has 3 rings (SSSR count). The van der Waals surface area contributed by atoms with Gasteiger partial charge >= 0.3 is 0 Å². The second-order valence-electron chi connectivity index (χ2n) is 5.18. The summed E-state index contributed by atoms with van der Waals surface area (Å²) in [6.45, 7) is 3.98. The van der Waals surface area contributed by atoms with Gasteiger partial charge in [0.05, 0.1) is 12.2 Å². The van der Waals surface area contributed by atoms with Crippen LogP contribution in [0.5, 0.6) is 0 Å². The summed E-state index contributed by atoms with van der Waals surface area (Å²) >= 11 is 0. The lowest BCUT2D eigenvalue weighted by Crippen LogP contribution is -2.43. The fourth-order valence-electron chi connectivity index (χ4n) is 2.80. The quantitative estimate of drug-likeness (QED) is 0.875. The Bertz CT molecular complexity index is 425. The Morgan fingerprint density at radius 2 is 2.06 bits per heavy atom. The zero-order valence-electron chi connectivity index (χ0n) is 10.8. The highest BCUT2D eigenvalue weighted by molar-refractivity contribution is 5.47. The number of hydrogen-bond acceptors (Lipinski definition) is 5. The molecule has 98 valence electrons. The number of rotatable bonds is 3. The van der Waals surface area contributed by atoms with Crippen LogP contribution >= 0.6 is 0 Å². The van der Waals surface area contributed by atoms with Crippen molar-refractivity contribution in [2.24, 2.45) is 0 Å². The van der Waals surface area contributed by atoms with Gasteiger partial charge in [0.2, 0.25) is 0 Å². The van der Waals surface area contributed by atoms with Crippen LogP contribution in [0.4, 0.5) is 11.6 Å². The molecule has 0 aliphatic carbocycles. The highest BCUT2D eigenvalue weighted by atomic mass is 16.5. The van der Waals surface area contributed by atoms with E-state index in [9.17, 15) is 0 Å². The second kappa shape index (κ2) is 4.72. The Morgan fingerprint density at radius 3 is 2.72 bits per heavy atom. The first-order valence-electron chi connectivity index (χ1n) is 6.78. The molecular weight excluding hydrogens is 228 g/mol. The van der Waals surface area contributed by atoms with Crippen LogP contribution in [0.15, 0.2) is 6.07 Å². The second-order valence-corrected chi connectivity index (χ2v) is 5.18. The van der Waals surface area contributed by atoms with E-state index in [4.69, 9.17) is 10.5 Å². The molecule has 0 spiro atoms. The van der Waals surface area contributed by atoms with Crippen LogP contribution in [-0.2, 0) is 11.2 Å². The smallest absolute Gasteiger partial charge is 0.134 e. The molecule has 1 aromatic rings. The van der Waals surface area contributed by atoms with Gasteiger partial charge in [-0.1, -0.05) is 6.92 Å². The average Bonchev–Trinajstić information content (AvgIpc) is 2.68. The standard InChI is InChI=1S/C13H20N4O/c1-2-3-12-15-11(14)6-13(16-12)17-7-9-4-5-10(8-17)18-9/h6,9-10H,2-5,7-8H2,1H3,(H2,14,15,16). The predicted octanol–water partition coefficient (Wildman–Crippen LogP) is 1.38. The maximum atomic E-state index is 5.87. The Balaban J connectivity index is 1.82. The summed E-state index contributed by atoms with van der Waals surface area (Å²) in [7, 11) is 0. The number of anilines is 2. The van der Waals surface area contributed by atoms with Crippen molar-refractivity contribution in [1.82, 2.24) is 9.97 Å². The van der Waals surface area contributed by atoms with Gasteiger partial charge in [-0.2, -0.15) is 0 Å². The van der Waals surface area contributed by atoms with Gasteiger partial charge in [-0.25, -0.2) is 9.97 Å². The molecule has 2 aliphatic heterocycles. The SMILES string of the molecule is CCCc1nc(N)cc(N2CC3CCC(C2)O3)n1. The van der Waals surface area contributed by atoms with E-state index < -0.39 is 0 Å². The lowest BCUT2D eigenvalue weighted by atomic mass is 10.2. The van der Waals surface area contributed by atoms with Gasteiger partial charge in [0.25, 0.3) is 0 Å². The predicted molar refractivity (Wildman–Crippen MR) is 70.5 cm³/mol. The molecule has 0 aromatic carbocycles. The molecule has 0 radical (unpaired) electrons. The van der Waals surface area contributed by atoms with Crippen LogP contribution in [-0.4, -0.2) is 35.3 Å². The number of ether oxygens (including phenoxy) is 1. The molecule has 5 heteroatoms. The van der Waals surface area contributed by atoms with E-state index in [1.54, 1.807) is 0 Å². The summed E-state index contributed by atoms with van der Waals surface area (Å²) in [5.41, 5.74) is 5.87. The summed E-state index contributed by atoms with van der Waals surface area (Å²) in [6, 6.07) is 1.88. The number of aryl methyl sites for hydroxylation is 1. The molecule has 2 aliphatic rings. The Hall–Kier alpha value is -1.36. The number of fused-ring (bicyclic) bond motifs is 2. The van der Waals surface area contributed by atoms with E-state index in [0.717, 1.165) is 37.6 Å². The summed E-state index contributed by atoms with van der Waals surface area (Å²) in [4.78, 5) is 11.2. The highest BCUT2D eigenvalue weighted by Crippen LogP contribution is 2.29. The number of nitrogen functional groups attached to an aromatic ring is 1. The van der Waals surface area contributed by atoms with E-state index in [0.29, 0.717) is 18.0 Å². The monoisotopic (exact) mass is 248 g/mol. The average molecular weight is 248 g/mol. The molecule has 2 N–H and O–H groups in total. The van der Waals surface area contributed by atoms with Gasteiger partial charge in [-0.05, 0) is 19.3 Å². The van der Waals surface area contributed by atoms with Crippen molar-refractivity contribution >= 4 is 11.6 Å². The molecule has 1 aromatic heterocycles. The molecule has 5 nitrogen and oxygen atoms in total. The van der Waals surface area contributed by atoms with Crippen LogP contribution in [0.3, 0.4) is 0 Å². The van der Waals surface area contributed by atoms with Crippen molar-refractivity contribution in [2.45, 2.75) is 44.8 Å². The molecule has 3 heterocycles. The van der Waals surface area contributed by atoms with Crippen molar-refractivity contribution in [3.63, 3.8) is 0 Å². The van der Waals surface area contributed by atoms with Crippen LogP contribution in [0.25, 0.3) is 0 Å². The van der Waals surface area contributed by atoms with E-state index >= 15 is 0 Å². The molecule has 0 saturated carbocycles. The minimum atomic E-state index is 0.370. The van der Waals surface area contributed by atoms with Gasteiger partial charge in [-0.3, -0.25) is 0 Å². The summed E-state index contributed by atoms with van der Waals surface area (Å²) < 4.78 is 5.84. The fraction of sp³-hybridized carbons (Fsp3) is 0.692. The number of nitrogens with two attached hydrogens (primary N) is 1.